The third-order valence-electron chi connectivity index (χ3n) is 2.95. The number of carbonyl (C=O) groups excluding carboxylic acids is 3. The van der Waals surface area contributed by atoms with Crippen LogP contribution in [0.4, 0.5) is 5.69 Å². The average molecular weight is 303 g/mol. The molecule has 118 valence electrons. The van der Waals surface area contributed by atoms with E-state index in [2.05, 4.69) is 5.32 Å². The molecule has 0 heterocycles. The van der Waals surface area contributed by atoms with Crippen LogP contribution < -0.4 is 5.32 Å². The summed E-state index contributed by atoms with van der Waals surface area (Å²) in [5.74, 6) is -1.04. The van der Waals surface area contributed by atoms with Crippen LogP contribution >= 0.6 is 0 Å². The predicted octanol–water partition coefficient (Wildman–Crippen LogP) is 3.12. The van der Waals surface area contributed by atoms with Crippen LogP contribution in [-0.2, 0) is 14.3 Å². The zero-order valence-electron chi connectivity index (χ0n) is 13.1. The molecule has 1 rings (SSSR count). The number of rotatable bonds is 8. The van der Waals surface area contributed by atoms with Gasteiger partial charge in [-0.3, -0.25) is 9.59 Å². The Morgan fingerprint density at radius 2 is 1.86 bits per heavy atom. The molecule has 0 saturated carbocycles. The second-order valence-electron chi connectivity index (χ2n) is 4.70. The first-order chi connectivity index (χ1) is 10.5. The average Bonchev–Trinajstić information content (AvgIpc) is 2.48. The number of ether oxygens (including phenoxy) is 1. The fraction of sp³-hybridized carbons (Fsp3) is 0.353. The maximum Gasteiger partial charge on any atom is 0.343 e. The molecule has 5 nitrogen and oxygen atoms in total. The lowest BCUT2D eigenvalue weighted by atomic mass is 10.1. The lowest BCUT2D eigenvalue weighted by Crippen LogP contribution is -2.17. The molecule has 1 aromatic carbocycles. The molecule has 0 aliphatic rings. The summed E-state index contributed by atoms with van der Waals surface area (Å²) < 4.78 is 4.90. The van der Waals surface area contributed by atoms with Crippen molar-refractivity contribution in [2.24, 2.45) is 0 Å². The highest BCUT2D eigenvalue weighted by Crippen LogP contribution is 2.16. The van der Waals surface area contributed by atoms with Crippen molar-refractivity contribution in [3.05, 3.63) is 41.6 Å². The second-order valence-corrected chi connectivity index (χ2v) is 4.70. The Morgan fingerprint density at radius 1 is 1.18 bits per heavy atom. The number of Topliss-reactive ketones (excluding diaryl/α,β-unsaturated/α-hetero) is 2. The van der Waals surface area contributed by atoms with Crippen molar-refractivity contribution in [1.82, 2.24) is 0 Å². The maximum absolute atomic E-state index is 12.0. The number of anilines is 1. The molecular formula is C17H21NO4. The van der Waals surface area contributed by atoms with Crippen molar-refractivity contribution < 1.29 is 19.1 Å². The number of ketones is 2. The minimum atomic E-state index is -0.659. The van der Waals surface area contributed by atoms with Gasteiger partial charge in [0.25, 0.3) is 0 Å². The topological polar surface area (TPSA) is 72.5 Å². The fourth-order valence-corrected chi connectivity index (χ4v) is 1.89. The zero-order chi connectivity index (χ0) is 16.5. The molecule has 5 heteroatoms. The molecule has 0 spiro atoms. The minimum Gasteiger partial charge on any atom is -0.462 e. The molecule has 0 bridgehead atoms. The highest BCUT2D eigenvalue weighted by molar-refractivity contribution is 6.17. The number of para-hydroxylation sites is 1. The molecular weight excluding hydrogens is 282 g/mol. The first kappa shape index (κ1) is 17.6. The molecule has 1 N–H and O–H groups in total. The van der Waals surface area contributed by atoms with Crippen molar-refractivity contribution in [2.45, 2.75) is 33.6 Å². The third kappa shape index (κ3) is 4.84. The Bertz CT molecular complexity index is 570. The van der Waals surface area contributed by atoms with Crippen LogP contribution in [0.3, 0.4) is 0 Å². The molecule has 0 saturated heterocycles. The summed E-state index contributed by atoms with van der Waals surface area (Å²) in [7, 11) is 0. The Hall–Kier alpha value is -2.43. The number of hydrogen-bond acceptors (Lipinski definition) is 5. The summed E-state index contributed by atoms with van der Waals surface area (Å²) >= 11 is 0. The van der Waals surface area contributed by atoms with Gasteiger partial charge in [0.2, 0.25) is 0 Å². The molecule has 0 unspecified atom stereocenters. The fourth-order valence-electron chi connectivity index (χ4n) is 1.89. The van der Waals surface area contributed by atoms with E-state index in [0.717, 1.165) is 0 Å². The number of esters is 1. The molecule has 22 heavy (non-hydrogen) atoms. The van der Waals surface area contributed by atoms with Crippen molar-refractivity contribution in [3.63, 3.8) is 0 Å². The van der Waals surface area contributed by atoms with Gasteiger partial charge in [-0.25, -0.2) is 4.79 Å². The van der Waals surface area contributed by atoms with E-state index in [4.69, 9.17) is 4.74 Å². The van der Waals surface area contributed by atoms with Crippen LogP contribution in [0.15, 0.2) is 36.0 Å². The third-order valence-corrected chi connectivity index (χ3v) is 2.95. The summed E-state index contributed by atoms with van der Waals surface area (Å²) in [5, 5.41) is 2.87. The molecule has 0 aromatic heterocycles. The van der Waals surface area contributed by atoms with Crippen LogP contribution in [0.25, 0.3) is 0 Å². The molecule has 0 fully saturated rings. The van der Waals surface area contributed by atoms with Crippen LogP contribution in [0, 0.1) is 0 Å². The minimum absolute atomic E-state index is 0.0398. The van der Waals surface area contributed by atoms with Crippen LogP contribution in [0.5, 0.6) is 0 Å². The lowest BCUT2D eigenvalue weighted by Gasteiger charge is -2.09. The summed E-state index contributed by atoms with van der Waals surface area (Å²) in [6, 6.07) is 6.90. The quantitative estimate of drug-likeness (QED) is 0.263. The zero-order valence-corrected chi connectivity index (χ0v) is 13.1. The van der Waals surface area contributed by atoms with Crippen LogP contribution in [0.1, 0.15) is 44.0 Å². The lowest BCUT2D eigenvalue weighted by molar-refractivity contribution is -0.140. The number of benzene rings is 1. The first-order valence-corrected chi connectivity index (χ1v) is 7.28. The van der Waals surface area contributed by atoms with E-state index in [1.54, 1.807) is 31.2 Å². The summed E-state index contributed by atoms with van der Waals surface area (Å²) in [6.45, 7) is 5.19. The number of nitrogens with one attached hydrogen (secondary N) is 1. The van der Waals surface area contributed by atoms with E-state index in [1.165, 1.54) is 13.1 Å². The van der Waals surface area contributed by atoms with Crippen molar-refractivity contribution >= 4 is 23.2 Å². The van der Waals surface area contributed by atoms with Gasteiger partial charge in [-0.05, 0) is 32.4 Å². The summed E-state index contributed by atoms with van der Waals surface area (Å²) in [5.41, 5.74) is 0.994. The smallest absolute Gasteiger partial charge is 0.343 e. The van der Waals surface area contributed by atoms with Gasteiger partial charge in [-0.1, -0.05) is 19.1 Å². The summed E-state index contributed by atoms with van der Waals surface area (Å²) in [4.78, 5) is 35.5. The van der Waals surface area contributed by atoms with Gasteiger partial charge in [0.15, 0.2) is 11.6 Å². The van der Waals surface area contributed by atoms with Crippen molar-refractivity contribution in [3.8, 4) is 0 Å². The van der Waals surface area contributed by atoms with Gasteiger partial charge in [-0.15, -0.1) is 0 Å². The van der Waals surface area contributed by atoms with Gasteiger partial charge < -0.3 is 10.1 Å². The van der Waals surface area contributed by atoms with Crippen molar-refractivity contribution in [1.29, 1.82) is 0 Å². The number of hydrogen-bond donors (Lipinski definition) is 1. The highest BCUT2D eigenvalue weighted by Gasteiger charge is 2.19. The standard InChI is InChI=1S/C17H21NO4/c1-4-8-16(20)14(17(21)22-5-2)11-18-15-10-7-6-9-13(15)12(3)19/h6-7,9-11,18H,4-5,8H2,1-3H3/b14-11-. The molecule has 0 atom stereocenters. The molecule has 0 aliphatic heterocycles. The van der Waals surface area contributed by atoms with Gasteiger partial charge in [0, 0.05) is 23.9 Å². The van der Waals surface area contributed by atoms with E-state index >= 15 is 0 Å². The Balaban J connectivity index is 3.05. The van der Waals surface area contributed by atoms with E-state index in [9.17, 15) is 14.4 Å². The monoisotopic (exact) mass is 303 g/mol. The maximum atomic E-state index is 12.0. The second kappa shape index (κ2) is 8.77. The Kier molecular flexibility index (Phi) is 7.02. The summed E-state index contributed by atoms with van der Waals surface area (Å²) in [6.07, 6.45) is 2.22. The van der Waals surface area contributed by atoms with E-state index in [0.29, 0.717) is 17.7 Å². The number of carbonyl (C=O) groups is 3. The SMILES string of the molecule is CCCC(=O)/C(=C/Nc1ccccc1C(C)=O)C(=O)OCC. The van der Waals surface area contributed by atoms with Crippen LogP contribution in [-0.4, -0.2) is 24.1 Å². The molecule has 0 aliphatic carbocycles. The molecule has 1 aromatic rings. The highest BCUT2D eigenvalue weighted by atomic mass is 16.5. The van der Waals surface area contributed by atoms with E-state index in [-0.39, 0.29) is 30.2 Å². The van der Waals surface area contributed by atoms with E-state index in [1.807, 2.05) is 6.92 Å². The predicted molar refractivity (Wildman–Crippen MR) is 84.7 cm³/mol. The van der Waals surface area contributed by atoms with Gasteiger partial charge in [0.1, 0.15) is 5.57 Å². The van der Waals surface area contributed by atoms with Crippen molar-refractivity contribution in [2.75, 3.05) is 11.9 Å². The van der Waals surface area contributed by atoms with Gasteiger partial charge in [-0.2, -0.15) is 0 Å². The largest absolute Gasteiger partial charge is 0.462 e. The Morgan fingerprint density at radius 3 is 2.45 bits per heavy atom. The van der Waals surface area contributed by atoms with E-state index < -0.39 is 5.97 Å². The Labute approximate surface area is 130 Å². The van der Waals surface area contributed by atoms with Crippen LogP contribution in [0.2, 0.25) is 0 Å². The van der Waals surface area contributed by atoms with Gasteiger partial charge >= 0.3 is 5.97 Å². The van der Waals surface area contributed by atoms with Gasteiger partial charge in [0.05, 0.1) is 6.61 Å². The molecule has 0 radical (unpaired) electrons. The normalized spacial score (nSPS) is 11.0. The first-order valence-electron chi connectivity index (χ1n) is 7.28. The molecule has 0 amide bonds.